The second-order valence-corrected chi connectivity index (χ2v) is 5.43. The quantitative estimate of drug-likeness (QED) is 0.872. The van der Waals surface area contributed by atoms with Gasteiger partial charge >= 0.3 is 0 Å². The Bertz CT molecular complexity index is 501. The first-order chi connectivity index (χ1) is 9.47. The van der Waals surface area contributed by atoms with Gasteiger partial charge in [0.25, 0.3) is 11.8 Å². The Morgan fingerprint density at radius 1 is 1.50 bits per heavy atom. The Kier molecular flexibility index (Phi) is 4.67. The summed E-state index contributed by atoms with van der Waals surface area (Å²) in [6.07, 6.45) is 2.47. The summed E-state index contributed by atoms with van der Waals surface area (Å²) < 4.78 is 5.63. The molecule has 1 aliphatic heterocycles. The fourth-order valence-corrected chi connectivity index (χ4v) is 2.29. The van der Waals surface area contributed by atoms with Gasteiger partial charge in [-0.2, -0.15) is 0 Å². The summed E-state index contributed by atoms with van der Waals surface area (Å²) in [5.74, 6) is -0.266. The molecule has 1 aromatic rings. The van der Waals surface area contributed by atoms with Crippen LogP contribution in [0.3, 0.4) is 0 Å². The molecule has 2 atom stereocenters. The number of carbonyl (C=O) groups is 2. The lowest BCUT2D eigenvalue weighted by atomic mass is 10.2. The molecule has 2 amide bonds. The smallest absolute Gasteiger partial charge is 0.267 e. The predicted octanol–water partition coefficient (Wildman–Crippen LogP) is 1.03. The lowest BCUT2D eigenvalue weighted by Crippen LogP contribution is -2.36. The lowest BCUT2D eigenvalue weighted by molar-refractivity contribution is -0.140. The number of aromatic nitrogens is 1. The van der Waals surface area contributed by atoms with Gasteiger partial charge in [-0.05, 0) is 18.9 Å². The van der Waals surface area contributed by atoms with E-state index in [1.54, 1.807) is 26.4 Å². The van der Waals surface area contributed by atoms with E-state index < -0.39 is 6.10 Å². The van der Waals surface area contributed by atoms with Gasteiger partial charge in [-0.25, -0.2) is 0 Å². The van der Waals surface area contributed by atoms with Crippen molar-refractivity contribution in [1.82, 2.24) is 15.2 Å². The van der Waals surface area contributed by atoms with Crippen LogP contribution in [0.1, 0.15) is 23.3 Å². The molecule has 1 saturated heterocycles. The summed E-state index contributed by atoms with van der Waals surface area (Å²) in [6.45, 7) is 0.382. The number of H-pyrrole nitrogens is 1. The first kappa shape index (κ1) is 14.9. The van der Waals surface area contributed by atoms with Crippen molar-refractivity contribution in [3.05, 3.63) is 23.0 Å². The molecule has 1 fully saturated rings. The van der Waals surface area contributed by atoms with Crippen LogP contribution in [0.25, 0.3) is 0 Å². The van der Waals surface area contributed by atoms with E-state index in [2.05, 4.69) is 10.3 Å². The van der Waals surface area contributed by atoms with Crippen LogP contribution in [0.15, 0.2) is 12.3 Å². The standard InChI is InChI=1S/C13H18ClN3O3/c1-17(2)13(19)11-4-3-9(20-11)7-16-12(18)10-5-8(14)6-15-10/h5-6,9,11,15H,3-4,7H2,1-2H3,(H,16,18). The van der Waals surface area contributed by atoms with Gasteiger partial charge in [0.05, 0.1) is 11.1 Å². The monoisotopic (exact) mass is 299 g/mol. The number of nitrogens with one attached hydrogen (secondary N) is 2. The minimum atomic E-state index is -0.396. The minimum absolute atomic E-state index is 0.0324. The molecular formula is C13H18ClN3O3. The largest absolute Gasteiger partial charge is 0.363 e. The van der Waals surface area contributed by atoms with Gasteiger partial charge in [-0.15, -0.1) is 0 Å². The van der Waals surface area contributed by atoms with Gasteiger partial charge in [0.2, 0.25) is 0 Å². The Labute approximate surface area is 122 Å². The van der Waals surface area contributed by atoms with Crippen molar-refractivity contribution in [1.29, 1.82) is 0 Å². The minimum Gasteiger partial charge on any atom is -0.363 e. The molecule has 0 bridgehead atoms. The van der Waals surface area contributed by atoms with Crippen LogP contribution in [0.5, 0.6) is 0 Å². The van der Waals surface area contributed by atoms with Gasteiger partial charge in [-0.1, -0.05) is 11.6 Å². The van der Waals surface area contributed by atoms with E-state index in [0.717, 1.165) is 6.42 Å². The SMILES string of the molecule is CN(C)C(=O)C1CCC(CNC(=O)c2cc(Cl)c[nH]2)O1. The number of carbonyl (C=O) groups excluding carboxylic acids is 2. The highest BCUT2D eigenvalue weighted by Crippen LogP contribution is 2.20. The molecule has 2 heterocycles. The Morgan fingerprint density at radius 3 is 2.85 bits per heavy atom. The molecule has 0 aliphatic carbocycles. The van der Waals surface area contributed by atoms with Crippen LogP contribution < -0.4 is 5.32 Å². The van der Waals surface area contributed by atoms with Crippen molar-refractivity contribution in [2.24, 2.45) is 0 Å². The Morgan fingerprint density at radius 2 is 2.25 bits per heavy atom. The molecule has 2 N–H and O–H groups in total. The fraction of sp³-hybridized carbons (Fsp3) is 0.538. The number of hydrogen-bond acceptors (Lipinski definition) is 3. The molecule has 1 aliphatic rings. The zero-order valence-electron chi connectivity index (χ0n) is 11.5. The topological polar surface area (TPSA) is 74.4 Å². The highest BCUT2D eigenvalue weighted by atomic mass is 35.5. The molecule has 0 aromatic carbocycles. The van der Waals surface area contributed by atoms with E-state index >= 15 is 0 Å². The number of halogens is 1. The number of ether oxygens (including phenoxy) is 1. The lowest BCUT2D eigenvalue weighted by Gasteiger charge is -2.17. The van der Waals surface area contributed by atoms with E-state index in [1.807, 2.05) is 0 Å². The van der Waals surface area contributed by atoms with Crippen LogP contribution in [-0.4, -0.2) is 54.5 Å². The molecule has 0 saturated carbocycles. The maximum atomic E-state index is 11.8. The Balaban J connectivity index is 1.78. The molecule has 1 aromatic heterocycles. The molecule has 2 unspecified atom stereocenters. The van der Waals surface area contributed by atoms with E-state index in [4.69, 9.17) is 16.3 Å². The van der Waals surface area contributed by atoms with E-state index in [-0.39, 0.29) is 17.9 Å². The zero-order valence-corrected chi connectivity index (χ0v) is 12.2. The fourth-order valence-electron chi connectivity index (χ4n) is 2.13. The van der Waals surface area contributed by atoms with E-state index in [9.17, 15) is 9.59 Å². The summed E-state index contributed by atoms with van der Waals surface area (Å²) in [4.78, 5) is 27.9. The summed E-state index contributed by atoms with van der Waals surface area (Å²) in [7, 11) is 3.41. The number of aromatic amines is 1. The third-order valence-electron chi connectivity index (χ3n) is 3.21. The second-order valence-electron chi connectivity index (χ2n) is 5.00. The third-order valence-corrected chi connectivity index (χ3v) is 3.42. The van der Waals surface area contributed by atoms with Crippen molar-refractivity contribution >= 4 is 23.4 Å². The first-order valence-corrected chi connectivity index (χ1v) is 6.84. The summed E-state index contributed by atoms with van der Waals surface area (Å²) in [5.41, 5.74) is 0.411. The highest BCUT2D eigenvalue weighted by Gasteiger charge is 2.31. The number of nitrogens with zero attached hydrogens (tertiary/aromatic N) is 1. The molecule has 0 radical (unpaired) electrons. The van der Waals surface area contributed by atoms with Crippen LogP contribution in [0, 0.1) is 0 Å². The number of hydrogen-bond donors (Lipinski definition) is 2. The normalized spacial score (nSPS) is 21.8. The molecule has 7 heteroatoms. The number of likely N-dealkylation sites (N-methyl/N-ethyl adjacent to an activating group) is 1. The van der Waals surface area contributed by atoms with Gasteiger partial charge in [0, 0.05) is 26.8 Å². The summed E-state index contributed by atoms with van der Waals surface area (Å²) >= 11 is 5.74. The highest BCUT2D eigenvalue weighted by molar-refractivity contribution is 6.30. The van der Waals surface area contributed by atoms with Crippen molar-refractivity contribution in [2.45, 2.75) is 25.0 Å². The third kappa shape index (κ3) is 3.52. The summed E-state index contributed by atoms with van der Waals surface area (Å²) in [5, 5.41) is 3.25. The number of rotatable bonds is 4. The summed E-state index contributed by atoms with van der Waals surface area (Å²) in [6, 6.07) is 1.56. The molecule has 6 nitrogen and oxygen atoms in total. The van der Waals surface area contributed by atoms with Crippen molar-refractivity contribution < 1.29 is 14.3 Å². The van der Waals surface area contributed by atoms with Crippen molar-refractivity contribution in [2.75, 3.05) is 20.6 Å². The molecule has 2 rings (SSSR count). The van der Waals surface area contributed by atoms with Gasteiger partial charge in [-0.3, -0.25) is 9.59 Å². The zero-order chi connectivity index (χ0) is 14.7. The van der Waals surface area contributed by atoms with E-state index in [0.29, 0.717) is 23.7 Å². The average molecular weight is 300 g/mol. The predicted molar refractivity (Wildman–Crippen MR) is 74.7 cm³/mol. The second kappa shape index (κ2) is 6.28. The van der Waals surface area contributed by atoms with Crippen molar-refractivity contribution in [3.8, 4) is 0 Å². The average Bonchev–Trinajstić information content (AvgIpc) is 3.03. The molecule has 110 valence electrons. The molecule has 20 heavy (non-hydrogen) atoms. The Hall–Kier alpha value is -1.53. The van der Waals surface area contributed by atoms with Crippen LogP contribution >= 0.6 is 11.6 Å². The van der Waals surface area contributed by atoms with Crippen LogP contribution in [0.2, 0.25) is 5.02 Å². The first-order valence-electron chi connectivity index (χ1n) is 6.46. The maximum absolute atomic E-state index is 11.8. The van der Waals surface area contributed by atoms with Gasteiger partial charge in [0.1, 0.15) is 11.8 Å². The van der Waals surface area contributed by atoms with Crippen LogP contribution in [-0.2, 0) is 9.53 Å². The van der Waals surface area contributed by atoms with Gasteiger partial charge < -0.3 is 19.9 Å². The number of amides is 2. The maximum Gasteiger partial charge on any atom is 0.267 e. The van der Waals surface area contributed by atoms with Gasteiger partial charge in [0.15, 0.2) is 0 Å². The van der Waals surface area contributed by atoms with Crippen molar-refractivity contribution in [3.63, 3.8) is 0 Å². The van der Waals surface area contributed by atoms with Crippen LogP contribution in [0.4, 0.5) is 0 Å². The molecule has 0 spiro atoms. The van der Waals surface area contributed by atoms with E-state index in [1.165, 1.54) is 4.90 Å². The molecular weight excluding hydrogens is 282 g/mol.